The Morgan fingerprint density at radius 3 is 2.76 bits per heavy atom. The maximum Gasteiger partial charge on any atom is 0.259 e. The van der Waals surface area contributed by atoms with Gasteiger partial charge >= 0.3 is 0 Å². The molecule has 0 aliphatic carbocycles. The number of hydrogen-bond acceptors (Lipinski definition) is 5. The van der Waals surface area contributed by atoms with Crippen molar-refractivity contribution in [2.45, 2.75) is 17.9 Å². The third kappa shape index (κ3) is 3.45. The Kier molecular flexibility index (Phi) is 4.03. The molecule has 2 rings (SSSR count). The summed E-state index contributed by atoms with van der Waals surface area (Å²) in [5, 5.41) is 3.22. The number of nitrogens with zero attached hydrogens (tertiary/aromatic N) is 2. The van der Waals surface area contributed by atoms with Crippen molar-refractivity contribution in [1.82, 2.24) is 20.0 Å². The molecule has 7 heteroatoms. The minimum absolute atomic E-state index is 0.0195. The summed E-state index contributed by atoms with van der Waals surface area (Å²) in [4.78, 5) is 7.54. The molecule has 1 aromatic rings. The fourth-order valence-corrected chi connectivity index (χ4v) is 2.81. The van der Waals surface area contributed by atoms with Crippen LogP contribution in [0.15, 0.2) is 23.6 Å². The van der Waals surface area contributed by atoms with Gasteiger partial charge in [0.1, 0.15) is 0 Å². The van der Waals surface area contributed by atoms with Crippen molar-refractivity contribution in [3.8, 4) is 0 Å². The number of nitrogens with one attached hydrogen (secondary N) is 2. The summed E-state index contributed by atoms with van der Waals surface area (Å²) >= 11 is 0. The Morgan fingerprint density at radius 2 is 2.12 bits per heavy atom. The van der Waals surface area contributed by atoms with Crippen LogP contribution in [0.25, 0.3) is 0 Å². The Hall–Kier alpha value is -1.05. The SMILES string of the molecule is O=S(=O)(NCC1CCNCC1)c1cnccn1. The monoisotopic (exact) mass is 256 g/mol. The maximum atomic E-state index is 11.8. The summed E-state index contributed by atoms with van der Waals surface area (Å²) < 4.78 is 26.3. The van der Waals surface area contributed by atoms with Crippen LogP contribution in [-0.4, -0.2) is 38.0 Å². The smallest absolute Gasteiger partial charge is 0.259 e. The fraction of sp³-hybridized carbons (Fsp3) is 0.600. The second-order valence-corrected chi connectivity index (χ2v) is 5.80. The predicted molar refractivity (Wildman–Crippen MR) is 62.8 cm³/mol. The molecule has 1 aliphatic heterocycles. The number of piperidine rings is 1. The van der Waals surface area contributed by atoms with E-state index >= 15 is 0 Å². The summed E-state index contributed by atoms with van der Waals surface area (Å²) in [6.07, 6.45) is 6.08. The summed E-state index contributed by atoms with van der Waals surface area (Å²) in [7, 11) is -3.50. The number of hydrogen-bond donors (Lipinski definition) is 2. The van der Waals surface area contributed by atoms with Gasteiger partial charge in [-0.3, -0.25) is 4.98 Å². The fourth-order valence-electron chi connectivity index (χ4n) is 1.81. The molecule has 1 fully saturated rings. The first-order valence-electron chi connectivity index (χ1n) is 5.65. The van der Waals surface area contributed by atoms with Crippen LogP contribution in [-0.2, 0) is 10.0 Å². The van der Waals surface area contributed by atoms with E-state index in [1.165, 1.54) is 18.6 Å². The molecule has 0 spiro atoms. The van der Waals surface area contributed by atoms with Crippen LogP contribution in [0.3, 0.4) is 0 Å². The lowest BCUT2D eigenvalue weighted by Crippen LogP contribution is -2.36. The molecule has 1 saturated heterocycles. The molecule has 2 N–H and O–H groups in total. The van der Waals surface area contributed by atoms with Gasteiger partial charge in [-0.25, -0.2) is 18.1 Å². The Balaban J connectivity index is 1.94. The highest BCUT2D eigenvalue weighted by Gasteiger charge is 2.19. The van der Waals surface area contributed by atoms with Crippen LogP contribution in [0.1, 0.15) is 12.8 Å². The lowest BCUT2D eigenvalue weighted by atomic mass is 9.99. The van der Waals surface area contributed by atoms with E-state index in [0.29, 0.717) is 12.5 Å². The van der Waals surface area contributed by atoms with Gasteiger partial charge in [0.25, 0.3) is 10.0 Å². The Bertz CT molecular complexity index is 443. The molecule has 17 heavy (non-hydrogen) atoms. The van der Waals surface area contributed by atoms with Crippen molar-refractivity contribution in [2.75, 3.05) is 19.6 Å². The summed E-state index contributed by atoms with van der Waals surface area (Å²) in [6, 6.07) is 0. The van der Waals surface area contributed by atoms with Crippen LogP contribution in [0.5, 0.6) is 0 Å². The highest BCUT2D eigenvalue weighted by atomic mass is 32.2. The zero-order chi connectivity index (χ0) is 12.1. The van der Waals surface area contributed by atoms with Crippen molar-refractivity contribution < 1.29 is 8.42 Å². The second kappa shape index (κ2) is 5.52. The third-order valence-corrected chi connectivity index (χ3v) is 4.14. The maximum absolute atomic E-state index is 11.8. The van der Waals surface area contributed by atoms with Gasteiger partial charge in [-0.1, -0.05) is 0 Å². The van der Waals surface area contributed by atoms with Crippen molar-refractivity contribution in [1.29, 1.82) is 0 Å². The van der Waals surface area contributed by atoms with Crippen molar-refractivity contribution >= 4 is 10.0 Å². The average molecular weight is 256 g/mol. The quantitative estimate of drug-likeness (QED) is 0.776. The Morgan fingerprint density at radius 1 is 1.35 bits per heavy atom. The van der Waals surface area contributed by atoms with Crippen molar-refractivity contribution in [3.05, 3.63) is 18.6 Å². The van der Waals surface area contributed by atoms with Gasteiger partial charge in [0.2, 0.25) is 0 Å². The molecule has 6 nitrogen and oxygen atoms in total. The second-order valence-electron chi connectivity index (χ2n) is 4.09. The molecule has 0 amide bonds. The number of rotatable bonds is 4. The summed E-state index contributed by atoms with van der Waals surface area (Å²) in [6.45, 7) is 2.38. The van der Waals surface area contributed by atoms with Crippen LogP contribution < -0.4 is 10.0 Å². The molecule has 1 aliphatic rings. The zero-order valence-electron chi connectivity index (χ0n) is 9.46. The van der Waals surface area contributed by atoms with E-state index < -0.39 is 10.0 Å². The molecule has 94 valence electrons. The third-order valence-electron chi connectivity index (χ3n) is 2.84. The van der Waals surface area contributed by atoms with E-state index in [9.17, 15) is 8.42 Å². The average Bonchev–Trinajstić information content (AvgIpc) is 2.39. The molecule has 1 aromatic heterocycles. The van der Waals surface area contributed by atoms with Gasteiger partial charge < -0.3 is 5.32 Å². The lowest BCUT2D eigenvalue weighted by molar-refractivity contribution is 0.372. The molecular formula is C10H16N4O2S. The number of sulfonamides is 1. The van der Waals surface area contributed by atoms with Crippen molar-refractivity contribution in [3.63, 3.8) is 0 Å². The standard InChI is InChI=1S/C10H16N4O2S/c15-17(16,10-8-12-5-6-13-10)14-7-9-1-3-11-4-2-9/h5-6,8-9,11,14H,1-4,7H2. The first-order chi connectivity index (χ1) is 8.18. The molecule has 0 saturated carbocycles. The van der Waals surface area contributed by atoms with Crippen LogP contribution in [0.4, 0.5) is 0 Å². The van der Waals surface area contributed by atoms with Crippen molar-refractivity contribution in [2.24, 2.45) is 5.92 Å². The van der Waals surface area contributed by atoms with Crippen LogP contribution in [0.2, 0.25) is 0 Å². The molecule has 0 atom stereocenters. The van der Waals surface area contributed by atoms with Gasteiger partial charge in [0, 0.05) is 18.9 Å². The predicted octanol–water partition coefficient (Wildman–Crippen LogP) is -0.246. The number of aromatic nitrogens is 2. The van der Waals surface area contributed by atoms with Crippen LogP contribution >= 0.6 is 0 Å². The highest BCUT2D eigenvalue weighted by Crippen LogP contribution is 2.11. The van der Waals surface area contributed by atoms with E-state index in [0.717, 1.165) is 25.9 Å². The molecule has 0 bridgehead atoms. The zero-order valence-corrected chi connectivity index (χ0v) is 10.3. The lowest BCUT2D eigenvalue weighted by Gasteiger charge is -2.22. The van der Waals surface area contributed by atoms with Gasteiger partial charge in [-0.05, 0) is 31.8 Å². The van der Waals surface area contributed by atoms with Crippen LogP contribution in [0, 0.1) is 5.92 Å². The minimum Gasteiger partial charge on any atom is -0.317 e. The van der Waals surface area contributed by atoms with Gasteiger partial charge in [-0.2, -0.15) is 0 Å². The van der Waals surface area contributed by atoms with E-state index in [-0.39, 0.29) is 5.03 Å². The molecule has 0 radical (unpaired) electrons. The molecule has 0 unspecified atom stereocenters. The van der Waals surface area contributed by atoms with E-state index in [1.807, 2.05) is 0 Å². The largest absolute Gasteiger partial charge is 0.317 e. The molecule has 0 aromatic carbocycles. The normalized spacial score (nSPS) is 18.1. The Labute approximate surface area is 101 Å². The van der Waals surface area contributed by atoms with E-state index in [1.54, 1.807) is 0 Å². The summed E-state index contributed by atoms with van der Waals surface area (Å²) in [5.41, 5.74) is 0. The van der Waals surface area contributed by atoms with E-state index in [4.69, 9.17) is 0 Å². The first kappa shape index (κ1) is 12.4. The molecular weight excluding hydrogens is 240 g/mol. The van der Waals surface area contributed by atoms with Gasteiger partial charge in [0.05, 0.1) is 6.20 Å². The highest BCUT2D eigenvalue weighted by molar-refractivity contribution is 7.89. The van der Waals surface area contributed by atoms with E-state index in [2.05, 4.69) is 20.0 Å². The minimum atomic E-state index is -3.50. The van der Waals surface area contributed by atoms with Gasteiger partial charge in [-0.15, -0.1) is 0 Å². The van der Waals surface area contributed by atoms with Gasteiger partial charge in [0.15, 0.2) is 5.03 Å². The topological polar surface area (TPSA) is 84.0 Å². The summed E-state index contributed by atoms with van der Waals surface area (Å²) in [5.74, 6) is 0.405. The first-order valence-corrected chi connectivity index (χ1v) is 7.13. The molecule has 2 heterocycles.